The standard InChI is InChI=1S/C9H10ClN3OS/c1-7(15(2,14)13-6-11)8-3-4-9(10)12-5-8/h3-5,7H,1-2H3/t7-,15+/m1/s1. The van der Waals surface area contributed by atoms with Gasteiger partial charge in [-0.25, -0.2) is 9.19 Å². The minimum Gasteiger partial charge on any atom is -0.248 e. The van der Waals surface area contributed by atoms with E-state index in [1.165, 1.54) is 6.26 Å². The third-order valence-electron chi connectivity index (χ3n) is 2.10. The van der Waals surface area contributed by atoms with E-state index >= 15 is 0 Å². The third kappa shape index (κ3) is 2.91. The minimum absolute atomic E-state index is 0.345. The van der Waals surface area contributed by atoms with Gasteiger partial charge >= 0.3 is 0 Å². The molecule has 1 aromatic rings. The number of nitriles is 1. The number of halogens is 1. The number of nitrogens with zero attached hydrogens (tertiary/aromatic N) is 3. The highest BCUT2D eigenvalue weighted by atomic mass is 35.5. The van der Waals surface area contributed by atoms with Crippen LogP contribution in [0.3, 0.4) is 0 Å². The summed E-state index contributed by atoms with van der Waals surface area (Å²) in [5.41, 5.74) is 0.755. The van der Waals surface area contributed by atoms with Gasteiger partial charge in [-0.1, -0.05) is 17.7 Å². The molecule has 1 aromatic heterocycles. The summed E-state index contributed by atoms with van der Waals surface area (Å²) in [6.45, 7) is 1.74. The van der Waals surface area contributed by atoms with Crippen molar-refractivity contribution in [1.29, 1.82) is 5.26 Å². The Kier molecular flexibility index (Phi) is 3.66. The predicted molar refractivity (Wildman–Crippen MR) is 59.8 cm³/mol. The van der Waals surface area contributed by atoms with Crippen molar-refractivity contribution in [3.63, 3.8) is 0 Å². The molecular formula is C9H10ClN3OS. The molecule has 0 saturated carbocycles. The van der Waals surface area contributed by atoms with Crippen molar-refractivity contribution >= 4 is 21.3 Å². The number of pyridine rings is 1. The van der Waals surface area contributed by atoms with E-state index in [9.17, 15) is 4.21 Å². The molecule has 0 N–H and O–H groups in total. The van der Waals surface area contributed by atoms with Crippen molar-refractivity contribution in [2.45, 2.75) is 12.2 Å². The van der Waals surface area contributed by atoms with Crippen LogP contribution < -0.4 is 0 Å². The smallest absolute Gasteiger partial charge is 0.214 e. The first-order chi connectivity index (χ1) is 6.97. The summed E-state index contributed by atoms with van der Waals surface area (Å²) < 4.78 is 15.3. The molecule has 2 atom stereocenters. The van der Waals surface area contributed by atoms with Gasteiger partial charge in [-0.15, -0.1) is 4.36 Å². The number of aromatic nitrogens is 1. The average Bonchev–Trinajstić information content (AvgIpc) is 2.18. The molecule has 80 valence electrons. The molecule has 0 aliphatic carbocycles. The number of hydrogen-bond acceptors (Lipinski definition) is 4. The Bertz CT molecular complexity index is 497. The van der Waals surface area contributed by atoms with Gasteiger partial charge in [0.15, 0.2) is 0 Å². The summed E-state index contributed by atoms with van der Waals surface area (Å²) in [6, 6.07) is 3.35. The van der Waals surface area contributed by atoms with Crippen LogP contribution in [0.1, 0.15) is 17.7 Å². The summed E-state index contributed by atoms with van der Waals surface area (Å²) in [4.78, 5) is 3.89. The zero-order valence-electron chi connectivity index (χ0n) is 8.35. The van der Waals surface area contributed by atoms with Gasteiger partial charge < -0.3 is 0 Å². The summed E-state index contributed by atoms with van der Waals surface area (Å²) in [5, 5.41) is 8.44. The topological polar surface area (TPSA) is 66.1 Å². The molecule has 0 aromatic carbocycles. The maximum absolute atomic E-state index is 11.9. The second kappa shape index (κ2) is 4.60. The van der Waals surface area contributed by atoms with Gasteiger partial charge in [0.2, 0.25) is 6.19 Å². The van der Waals surface area contributed by atoms with Gasteiger partial charge in [0.1, 0.15) is 5.15 Å². The van der Waals surface area contributed by atoms with E-state index in [2.05, 4.69) is 9.35 Å². The fourth-order valence-corrected chi connectivity index (χ4v) is 2.12. The van der Waals surface area contributed by atoms with E-state index in [0.717, 1.165) is 5.56 Å². The van der Waals surface area contributed by atoms with Gasteiger partial charge in [-0.2, -0.15) is 5.26 Å². The minimum atomic E-state index is -2.55. The predicted octanol–water partition coefficient (Wildman–Crippen LogP) is 2.37. The van der Waals surface area contributed by atoms with Gasteiger partial charge in [-0.3, -0.25) is 0 Å². The molecule has 0 saturated heterocycles. The molecule has 0 aliphatic heterocycles. The van der Waals surface area contributed by atoms with E-state index in [4.69, 9.17) is 16.9 Å². The first-order valence-corrected chi connectivity index (χ1v) is 6.54. The SMILES string of the molecule is C[C@H](c1ccc(Cl)nc1)[S@](C)(=O)=NC#N. The molecule has 6 heteroatoms. The fourth-order valence-electron chi connectivity index (χ4n) is 1.04. The van der Waals surface area contributed by atoms with Gasteiger partial charge in [0.25, 0.3) is 0 Å². The van der Waals surface area contributed by atoms with Crippen molar-refractivity contribution in [3.05, 3.63) is 29.0 Å². The molecule has 1 heterocycles. The Morgan fingerprint density at radius 3 is 2.80 bits per heavy atom. The first-order valence-electron chi connectivity index (χ1n) is 4.18. The van der Waals surface area contributed by atoms with Crippen LogP contribution in [0.25, 0.3) is 0 Å². The average molecular weight is 244 g/mol. The van der Waals surface area contributed by atoms with Gasteiger partial charge in [0.05, 0.1) is 15.0 Å². The largest absolute Gasteiger partial charge is 0.248 e. The molecule has 0 radical (unpaired) electrons. The Hall–Kier alpha value is -1.12. The lowest BCUT2D eigenvalue weighted by Gasteiger charge is -2.11. The Balaban J connectivity index is 3.12. The van der Waals surface area contributed by atoms with E-state index in [0.29, 0.717) is 5.15 Å². The van der Waals surface area contributed by atoms with Crippen molar-refractivity contribution < 1.29 is 4.21 Å². The van der Waals surface area contributed by atoms with Crippen LogP contribution in [0.2, 0.25) is 5.15 Å². The number of hydrogen-bond donors (Lipinski definition) is 0. The Labute approximate surface area is 94.1 Å². The number of rotatable bonds is 2. The Morgan fingerprint density at radius 1 is 1.67 bits per heavy atom. The van der Waals surface area contributed by atoms with E-state index < -0.39 is 9.73 Å². The highest BCUT2D eigenvalue weighted by Crippen LogP contribution is 2.22. The normalized spacial score (nSPS) is 16.1. The molecule has 0 fully saturated rings. The lowest BCUT2D eigenvalue weighted by atomic mass is 10.2. The van der Waals surface area contributed by atoms with Crippen LogP contribution in [0, 0.1) is 11.5 Å². The van der Waals surface area contributed by atoms with Crippen LogP contribution >= 0.6 is 11.6 Å². The molecule has 4 nitrogen and oxygen atoms in total. The maximum Gasteiger partial charge on any atom is 0.214 e. The third-order valence-corrected chi connectivity index (χ3v) is 4.35. The molecule has 15 heavy (non-hydrogen) atoms. The van der Waals surface area contributed by atoms with Gasteiger partial charge in [-0.05, 0) is 18.6 Å². The molecule has 0 bridgehead atoms. The highest BCUT2D eigenvalue weighted by Gasteiger charge is 2.16. The second-order valence-corrected chi connectivity index (χ2v) is 6.11. The molecule has 0 spiro atoms. The van der Waals surface area contributed by atoms with Crippen molar-refractivity contribution in [2.75, 3.05) is 6.26 Å². The monoisotopic (exact) mass is 243 g/mol. The summed E-state index contributed by atoms with van der Waals surface area (Å²) in [6.07, 6.45) is 4.57. The van der Waals surface area contributed by atoms with E-state index in [-0.39, 0.29) is 5.25 Å². The maximum atomic E-state index is 11.9. The van der Waals surface area contributed by atoms with E-state index in [1.54, 1.807) is 31.4 Å². The molecule has 0 unspecified atom stereocenters. The zero-order chi connectivity index (χ0) is 11.5. The second-order valence-electron chi connectivity index (χ2n) is 3.11. The molecule has 0 aliphatic rings. The van der Waals surface area contributed by atoms with Crippen LogP contribution in [0.15, 0.2) is 22.7 Å². The van der Waals surface area contributed by atoms with Crippen LogP contribution in [0.5, 0.6) is 0 Å². The quantitative estimate of drug-likeness (QED) is 0.592. The Morgan fingerprint density at radius 2 is 2.33 bits per heavy atom. The lowest BCUT2D eigenvalue weighted by Crippen LogP contribution is -2.07. The summed E-state index contributed by atoms with van der Waals surface area (Å²) >= 11 is 5.63. The van der Waals surface area contributed by atoms with Crippen molar-refractivity contribution in [2.24, 2.45) is 4.36 Å². The zero-order valence-corrected chi connectivity index (χ0v) is 9.92. The molecular weight excluding hydrogens is 234 g/mol. The van der Waals surface area contributed by atoms with Crippen LogP contribution in [-0.4, -0.2) is 15.4 Å². The van der Waals surface area contributed by atoms with Crippen molar-refractivity contribution in [3.8, 4) is 6.19 Å². The summed E-state index contributed by atoms with van der Waals surface area (Å²) in [5.74, 6) is 0. The van der Waals surface area contributed by atoms with Crippen LogP contribution in [0.4, 0.5) is 0 Å². The van der Waals surface area contributed by atoms with Gasteiger partial charge in [0, 0.05) is 12.5 Å². The summed E-state index contributed by atoms with van der Waals surface area (Å²) in [7, 11) is -2.55. The van der Waals surface area contributed by atoms with Crippen molar-refractivity contribution in [1.82, 2.24) is 4.98 Å². The fraction of sp³-hybridized carbons (Fsp3) is 0.333. The highest BCUT2D eigenvalue weighted by molar-refractivity contribution is 7.93. The molecule has 0 amide bonds. The lowest BCUT2D eigenvalue weighted by molar-refractivity contribution is 0.673. The first kappa shape index (κ1) is 12.0. The van der Waals surface area contributed by atoms with E-state index in [1.807, 2.05) is 0 Å². The molecule has 1 rings (SSSR count). The van der Waals surface area contributed by atoms with Crippen LogP contribution in [-0.2, 0) is 9.73 Å².